The molecule has 0 aliphatic carbocycles. The fraction of sp³-hybridized carbons (Fsp3) is 0.909. The van der Waals surface area contributed by atoms with Crippen LogP contribution in [0.15, 0.2) is 0 Å². The van der Waals surface area contributed by atoms with Crippen LogP contribution in [0.5, 0.6) is 0 Å². The van der Waals surface area contributed by atoms with Crippen molar-refractivity contribution in [3.8, 4) is 0 Å². The van der Waals surface area contributed by atoms with Crippen molar-refractivity contribution in [1.29, 1.82) is 0 Å². The van der Waals surface area contributed by atoms with E-state index < -0.39 is 5.60 Å². The molecule has 2 aliphatic heterocycles. The van der Waals surface area contributed by atoms with Gasteiger partial charge in [0, 0.05) is 0 Å². The second-order valence-electron chi connectivity index (χ2n) is 5.55. The standard InChI is InChI=1S/C11H20N2O3/c1-10(2,3)16-9(14)13-11-4-5-12-8(11)6-15-7-11/h8,12H,4-7H2,1-3H3,(H,13,14). The zero-order valence-corrected chi connectivity index (χ0v) is 10.1. The molecule has 5 nitrogen and oxygen atoms in total. The minimum absolute atomic E-state index is 0.222. The molecule has 5 heteroatoms. The van der Waals surface area contributed by atoms with Gasteiger partial charge in [0.05, 0.1) is 24.8 Å². The van der Waals surface area contributed by atoms with E-state index in [-0.39, 0.29) is 17.7 Å². The van der Waals surface area contributed by atoms with Crippen molar-refractivity contribution in [2.75, 3.05) is 19.8 Å². The molecule has 2 fully saturated rings. The van der Waals surface area contributed by atoms with Gasteiger partial charge in [0.25, 0.3) is 0 Å². The number of hydrogen-bond acceptors (Lipinski definition) is 4. The highest BCUT2D eigenvalue weighted by atomic mass is 16.6. The van der Waals surface area contributed by atoms with Crippen LogP contribution in [0.4, 0.5) is 4.79 Å². The Kier molecular flexibility index (Phi) is 2.84. The van der Waals surface area contributed by atoms with Gasteiger partial charge in [-0.3, -0.25) is 0 Å². The summed E-state index contributed by atoms with van der Waals surface area (Å²) in [4.78, 5) is 11.7. The van der Waals surface area contributed by atoms with Gasteiger partial charge in [-0.15, -0.1) is 0 Å². The molecule has 0 spiro atoms. The normalized spacial score (nSPS) is 33.6. The molecular weight excluding hydrogens is 208 g/mol. The highest BCUT2D eigenvalue weighted by molar-refractivity contribution is 5.69. The van der Waals surface area contributed by atoms with E-state index in [4.69, 9.17) is 9.47 Å². The lowest BCUT2D eigenvalue weighted by Gasteiger charge is -2.29. The van der Waals surface area contributed by atoms with Gasteiger partial charge in [-0.1, -0.05) is 0 Å². The van der Waals surface area contributed by atoms with Crippen LogP contribution < -0.4 is 10.6 Å². The molecule has 0 aromatic heterocycles. The molecule has 2 heterocycles. The van der Waals surface area contributed by atoms with Gasteiger partial charge in [0.2, 0.25) is 0 Å². The third kappa shape index (κ3) is 2.30. The number of amides is 1. The van der Waals surface area contributed by atoms with Crippen molar-refractivity contribution < 1.29 is 14.3 Å². The summed E-state index contributed by atoms with van der Waals surface area (Å²) in [6, 6.07) is 0.222. The second-order valence-corrected chi connectivity index (χ2v) is 5.55. The van der Waals surface area contributed by atoms with E-state index >= 15 is 0 Å². The minimum atomic E-state index is -0.457. The Hall–Kier alpha value is -0.810. The third-order valence-corrected chi connectivity index (χ3v) is 3.02. The summed E-state index contributed by atoms with van der Waals surface area (Å²) in [7, 11) is 0. The molecular formula is C11H20N2O3. The molecule has 0 radical (unpaired) electrons. The largest absolute Gasteiger partial charge is 0.444 e. The molecule has 16 heavy (non-hydrogen) atoms. The van der Waals surface area contributed by atoms with Gasteiger partial charge in [-0.2, -0.15) is 0 Å². The Morgan fingerprint density at radius 2 is 2.31 bits per heavy atom. The van der Waals surface area contributed by atoms with Crippen LogP contribution in [-0.4, -0.2) is 43.0 Å². The first-order chi connectivity index (χ1) is 7.41. The van der Waals surface area contributed by atoms with E-state index in [0.29, 0.717) is 13.2 Å². The van der Waals surface area contributed by atoms with Gasteiger partial charge >= 0.3 is 6.09 Å². The Labute approximate surface area is 95.9 Å². The summed E-state index contributed by atoms with van der Waals surface area (Å²) in [5.41, 5.74) is -0.718. The number of nitrogens with one attached hydrogen (secondary N) is 2. The monoisotopic (exact) mass is 228 g/mol. The summed E-state index contributed by atoms with van der Waals surface area (Å²) < 4.78 is 10.7. The number of fused-ring (bicyclic) bond motifs is 1. The first-order valence-corrected chi connectivity index (χ1v) is 5.74. The molecule has 2 aliphatic rings. The highest BCUT2D eigenvalue weighted by Crippen LogP contribution is 2.28. The van der Waals surface area contributed by atoms with Crippen molar-refractivity contribution >= 4 is 6.09 Å². The molecule has 0 aromatic carbocycles. The summed E-state index contributed by atoms with van der Waals surface area (Å²) in [5.74, 6) is 0. The Morgan fingerprint density at radius 3 is 3.00 bits per heavy atom. The summed E-state index contributed by atoms with van der Waals surface area (Å²) in [5, 5.41) is 6.29. The van der Waals surface area contributed by atoms with Gasteiger partial charge in [-0.05, 0) is 33.7 Å². The van der Waals surface area contributed by atoms with Crippen molar-refractivity contribution in [2.24, 2.45) is 0 Å². The van der Waals surface area contributed by atoms with Crippen LogP contribution in [0.3, 0.4) is 0 Å². The highest BCUT2D eigenvalue weighted by Gasteiger charge is 2.49. The fourth-order valence-corrected chi connectivity index (χ4v) is 2.28. The quantitative estimate of drug-likeness (QED) is 0.691. The average molecular weight is 228 g/mol. The molecule has 2 atom stereocenters. The maximum Gasteiger partial charge on any atom is 0.408 e. The predicted molar refractivity (Wildman–Crippen MR) is 59.3 cm³/mol. The van der Waals surface area contributed by atoms with E-state index in [1.807, 2.05) is 20.8 Å². The topological polar surface area (TPSA) is 59.6 Å². The summed E-state index contributed by atoms with van der Waals surface area (Å²) >= 11 is 0. The van der Waals surface area contributed by atoms with Gasteiger partial charge in [0.1, 0.15) is 5.60 Å². The van der Waals surface area contributed by atoms with E-state index in [9.17, 15) is 4.79 Å². The first-order valence-electron chi connectivity index (χ1n) is 5.74. The molecule has 0 saturated carbocycles. The lowest BCUT2D eigenvalue weighted by Crippen LogP contribution is -2.56. The number of rotatable bonds is 1. The number of alkyl carbamates (subject to hydrolysis) is 1. The van der Waals surface area contributed by atoms with E-state index in [0.717, 1.165) is 13.0 Å². The van der Waals surface area contributed by atoms with Crippen LogP contribution in [-0.2, 0) is 9.47 Å². The number of ether oxygens (including phenoxy) is 2. The number of hydrogen-bond donors (Lipinski definition) is 2. The van der Waals surface area contributed by atoms with Crippen molar-refractivity contribution in [3.05, 3.63) is 0 Å². The van der Waals surface area contributed by atoms with Crippen molar-refractivity contribution in [3.63, 3.8) is 0 Å². The van der Waals surface area contributed by atoms with Crippen molar-refractivity contribution in [2.45, 2.75) is 44.4 Å². The van der Waals surface area contributed by atoms with Crippen LogP contribution in [0.25, 0.3) is 0 Å². The minimum Gasteiger partial charge on any atom is -0.444 e. The average Bonchev–Trinajstić information content (AvgIpc) is 2.57. The van der Waals surface area contributed by atoms with E-state index in [2.05, 4.69) is 10.6 Å². The van der Waals surface area contributed by atoms with Gasteiger partial charge in [-0.25, -0.2) is 4.79 Å². The number of carbonyl (C=O) groups excluding carboxylic acids is 1. The number of carbonyl (C=O) groups is 1. The molecule has 0 bridgehead atoms. The molecule has 2 unspecified atom stereocenters. The zero-order valence-electron chi connectivity index (χ0n) is 10.1. The third-order valence-electron chi connectivity index (χ3n) is 3.02. The van der Waals surface area contributed by atoms with E-state index in [1.165, 1.54) is 0 Å². The second kappa shape index (κ2) is 3.89. The molecule has 2 rings (SSSR count). The maximum absolute atomic E-state index is 11.7. The lowest BCUT2D eigenvalue weighted by atomic mass is 9.94. The molecule has 2 N–H and O–H groups in total. The molecule has 92 valence electrons. The lowest BCUT2D eigenvalue weighted by molar-refractivity contribution is 0.0440. The van der Waals surface area contributed by atoms with E-state index in [1.54, 1.807) is 0 Å². The van der Waals surface area contributed by atoms with Crippen molar-refractivity contribution in [1.82, 2.24) is 10.6 Å². The molecule has 2 saturated heterocycles. The van der Waals surface area contributed by atoms with Crippen LogP contribution >= 0.6 is 0 Å². The van der Waals surface area contributed by atoms with Gasteiger partial charge < -0.3 is 20.1 Å². The maximum atomic E-state index is 11.7. The smallest absolute Gasteiger partial charge is 0.408 e. The Morgan fingerprint density at radius 1 is 1.56 bits per heavy atom. The Balaban J connectivity index is 1.96. The first kappa shape index (κ1) is 11.7. The Bertz CT molecular complexity index is 275. The van der Waals surface area contributed by atoms with Crippen LogP contribution in [0.1, 0.15) is 27.2 Å². The van der Waals surface area contributed by atoms with Crippen LogP contribution in [0, 0.1) is 0 Å². The SMILES string of the molecule is CC(C)(C)OC(=O)NC12CCNC1COC2. The molecule has 0 aromatic rings. The van der Waals surface area contributed by atoms with Crippen LogP contribution in [0.2, 0.25) is 0 Å². The predicted octanol–water partition coefficient (Wildman–Crippen LogP) is 0.642. The zero-order chi connectivity index (χ0) is 11.8. The fourth-order valence-electron chi connectivity index (χ4n) is 2.28. The summed E-state index contributed by atoms with van der Waals surface area (Å²) in [6.07, 6.45) is 0.545. The molecule has 1 amide bonds. The summed E-state index contributed by atoms with van der Waals surface area (Å²) in [6.45, 7) is 7.74. The van der Waals surface area contributed by atoms with Gasteiger partial charge in [0.15, 0.2) is 0 Å².